The summed E-state index contributed by atoms with van der Waals surface area (Å²) < 4.78 is 5.50. The van der Waals surface area contributed by atoms with Crippen molar-refractivity contribution in [2.45, 2.75) is 37.8 Å². The van der Waals surface area contributed by atoms with Gasteiger partial charge in [0.15, 0.2) is 0 Å². The van der Waals surface area contributed by atoms with Gasteiger partial charge >= 0.3 is 0 Å². The fourth-order valence-electron chi connectivity index (χ4n) is 2.97. The smallest absolute Gasteiger partial charge is 0.0615 e. The first-order valence-electron chi connectivity index (χ1n) is 5.06. The van der Waals surface area contributed by atoms with Crippen molar-refractivity contribution in [3.8, 4) is 0 Å². The van der Waals surface area contributed by atoms with Gasteiger partial charge in [-0.05, 0) is 39.3 Å². The summed E-state index contributed by atoms with van der Waals surface area (Å²) in [6.07, 6.45) is 5.92. The van der Waals surface area contributed by atoms with Crippen LogP contribution in [0.25, 0.3) is 0 Å². The third-order valence-electron chi connectivity index (χ3n) is 3.64. The van der Waals surface area contributed by atoms with Crippen LogP contribution < -0.4 is 0 Å². The molecule has 2 rings (SSSR count). The number of rotatable bonds is 1. The Balaban J connectivity index is 2.04. The van der Waals surface area contributed by atoms with Gasteiger partial charge in [-0.2, -0.15) is 0 Å². The average Bonchev–Trinajstić information content (AvgIpc) is 2.49. The SMILES string of the molecule is COC1CCC2C1CCCN2C. The molecule has 1 saturated carbocycles. The van der Waals surface area contributed by atoms with Gasteiger partial charge in [0.25, 0.3) is 0 Å². The van der Waals surface area contributed by atoms with Gasteiger partial charge in [0.1, 0.15) is 0 Å². The Labute approximate surface area is 74.9 Å². The summed E-state index contributed by atoms with van der Waals surface area (Å²) in [7, 11) is 4.12. The Morgan fingerprint density at radius 3 is 2.83 bits per heavy atom. The Bertz CT molecular complexity index is 160. The molecule has 3 atom stereocenters. The zero-order valence-corrected chi connectivity index (χ0v) is 8.12. The van der Waals surface area contributed by atoms with E-state index in [9.17, 15) is 0 Å². The van der Waals surface area contributed by atoms with Gasteiger partial charge in [-0.25, -0.2) is 0 Å². The molecule has 3 unspecified atom stereocenters. The number of fused-ring (bicyclic) bond motifs is 1. The Hall–Kier alpha value is -0.0800. The third-order valence-corrected chi connectivity index (χ3v) is 3.64. The van der Waals surface area contributed by atoms with Gasteiger partial charge in [-0.1, -0.05) is 0 Å². The van der Waals surface area contributed by atoms with Crippen molar-refractivity contribution in [1.29, 1.82) is 0 Å². The number of methoxy groups -OCH3 is 1. The maximum atomic E-state index is 5.50. The van der Waals surface area contributed by atoms with Gasteiger partial charge in [0.2, 0.25) is 0 Å². The lowest BCUT2D eigenvalue weighted by Crippen LogP contribution is -2.42. The molecule has 1 aliphatic carbocycles. The van der Waals surface area contributed by atoms with Crippen LogP contribution in [0.15, 0.2) is 0 Å². The molecule has 0 spiro atoms. The molecule has 2 heteroatoms. The maximum absolute atomic E-state index is 5.50. The van der Waals surface area contributed by atoms with Crippen LogP contribution in [0, 0.1) is 5.92 Å². The molecule has 0 amide bonds. The molecule has 1 heterocycles. The summed E-state index contributed by atoms with van der Waals surface area (Å²) in [5, 5.41) is 0. The standard InChI is InChI=1S/C10H19NO/c1-11-7-3-4-8-9(11)5-6-10(8)12-2/h8-10H,3-7H2,1-2H3. The second kappa shape index (κ2) is 3.35. The molecule has 2 aliphatic rings. The second-order valence-electron chi connectivity index (χ2n) is 4.21. The number of hydrogen-bond donors (Lipinski definition) is 0. The molecule has 0 radical (unpaired) electrons. The fraction of sp³-hybridized carbons (Fsp3) is 1.00. The second-order valence-corrected chi connectivity index (χ2v) is 4.21. The van der Waals surface area contributed by atoms with Gasteiger partial charge in [-0.3, -0.25) is 0 Å². The first-order valence-corrected chi connectivity index (χ1v) is 5.06. The minimum atomic E-state index is 0.553. The Kier molecular flexibility index (Phi) is 2.37. The minimum Gasteiger partial charge on any atom is -0.381 e. The molecular formula is C10H19NO. The van der Waals surface area contributed by atoms with E-state index in [2.05, 4.69) is 11.9 Å². The van der Waals surface area contributed by atoms with E-state index < -0.39 is 0 Å². The first kappa shape index (κ1) is 8.52. The predicted molar refractivity (Wildman–Crippen MR) is 49.2 cm³/mol. The zero-order chi connectivity index (χ0) is 8.55. The van der Waals surface area contributed by atoms with Crippen molar-refractivity contribution in [1.82, 2.24) is 4.90 Å². The number of ether oxygens (including phenoxy) is 1. The normalized spacial score (nSPS) is 43.0. The summed E-state index contributed by atoms with van der Waals surface area (Å²) in [5.74, 6) is 0.828. The van der Waals surface area contributed by atoms with Crippen molar-refractivity contribution in [3.05, 3.63) is 0 Å². The predicted octanol–water partition coefficient (Wildman–Crippen LogP) is 1.51. The van der Waals surface area contributed by atoms with Crippen LogP contribution in [-0.4, -0.2) is 37.7 Å². The van der Waals surface area contributed by atoms with Crippen molar-refractivity contribution in [2.24, 2.45) is 5.92 Å². The van der Waals surface area contributed by atoms with E-state index in [1.807, 2.05) is 7.11 Å². The van der Waals surface area contributed by atoms with Crippen LogP contribution in [0.4, 0.5) is 0 Å². The number of piperidine rings is 1. The molecule has 0 N–H and O–H groups in total. The highest BCUT2D eigenvalue weighted by Crippen LogP contribution is 2.37. The van der Waals surface area contributed by atoms with Crippen molar-refractivity contribution in [3.63, 3.8) is 0 Å². The van der Waals surface area contributed by atoms with E-state index >= 15 is 0 Å². The van der Waals surface area contributed by atoms with E-state index in [0.29, 0.717) is 6.10 Å². The molecule has 0 aromatic carbocycles. The van der Waals surface area contributed by atoms with Gasteiger partial charge < -0.3 is 9.64 Å². The average molecular weight is 169 g/mol. The lowest BCUT2D eigenvalue weighted by atomic mass is 9.91. The van der Waals surface area contributed by atoms with E-state index in [4.69, 9.17) is 4.74 Å². The van der Waals surface area contributed by atoms with Crippen molar-refractivity contribution >= 4 is 0 Å². The quantitative estimate of drug-likeness (QED) is 0.590. The molecule has 1 aliphatic heterocycles. The molecule has 2 nitrogen and oxygen atoms in total. The van der Waals surface area contributed by atoms with E-state index in [1.54, 1.807) is 0 Å². The molecule has 0 aromatic rings. The molecule has 12 heavy (non-hydrogen) atoms. The largest absolute Gasteiger partial charge is 0.381 e. The van der Waals surface area contributed by atoms with E-state index in [1.165, 1.54) is 32.2 Å². The summed E-state index contributed by atoms with van der Waals surface area (Å²) in [5.41, 5.74) is 0. The van der Waals surface area contributed by atoms with Crippen molar-refractivity contribution in [2.75, 3.05) is 20.7 Å². The summed E-state index contributed by atoms with van der Waals surface area (Å²) in [6, 6.07) is 0.823. The molecule has 0 bridgehead atoms. The topological polar surface area (TPSA) is 12.5 Å². The van der Waals surface area contributed by atoms with Crippen LogP contribution in [0.5, 0.6) is 0 Å². The van der Waals surface area contributed by atoms with E-state index in [-0.39, 0.29) is 0 Å². The lowest BCUT2D eigenvalue weighted by molar-refractivity contribution is 0.0297. The summed E-state index contributed by atoms with van der Waals surface area (Å²) >= 11 is 0. The van der Waals surface area contributed by atoms with Crippen LogP contribution in [0.1, 0.15) is 25.7 Å². The maximum Gasteiger partial charge on any atom is 0.0615 e. The van der Waals surface area contributed by atoms with Crippen LogP contribution >= 0.6 is 0 Å². The summed E-state index contributed by atoms with van der Waals surface area (Å²) in [6.45, 7) is 1.29. The molecule has 1 saturated heterocycles. The fourth-order valence-corrected chi connectivity index (χ4v) is 2.97. The number of likely N-dealkylation sites (tertiary alicyclic amines) is 1. The Morgan fingerprint density at radius 1 is 1.25 bits per heavy atom. The highest BCUT2D eigenvalue weighted by Gasteiger charge is 2.39. The minimum absolute atomic E-state index is 0.553. The lowest BCUT2D eigenvalue weighted by Gasteiger charge is -2.36. The van der Waals surface area contributed by atoms with Gasteiger partial charge in [0.05, 0.1) is 6.10 Å². The molecule has 70 valence electrons. The van der Waals surface area contributed by atoms with Gasteiger partial charge in [-0.15, -0.1) is 0 Å². The first-order chi connectivity index (χ1) is 5.83. The van der Waals surface area contributed by atoms with Crippen LogP contribution in [0.3, 0.4) is 0 Å². The monoisotopic (exact) mass is 169 g/mol. The van der Waals surface area contributed by atoms with E-state index in [0.717, 1.165) is 12.0 Å². The zero-order valence-electron chi connectivity index (χ0n) is 8.12. The number of nitrogens with zero attached hydrogens (tertiary/aromatic N) is 1. The van der Waals surface area contributed by atoms with Crippen LogP contribution in [-0.2, 0) is 4.74 Å². The Morgan fingerprint density at radius 2 is 2.08 bits per heavy atom. The molecule has 0 aromatic heterocycles. The third kappa shape index (κ3) is 1.27. The molecule has 2 fully saturated rings. The summed E-state index contributed by atoms with van der Waals surface area (Å²) in [4.78, 5) is 2.52. The van der Waals surface area contributed by atoms with Gasteiger partial charge in [0, 0.05) is 19.1 Å². The van der Waals surface area contributed by atoms with Crippen LogP contribution in [0.2, 0.25) is 0 Å². The highest BCUT2D eigenvalue weighted by atomic mass is 16.5. The van der Waals surface area contributed by atoms with Crippen molar-refractivity contribution < 1.29 is 4.74 Å². The highest BCUT2D eigenvalue weighted by molar-refractivity contribution is 4.93. The number of hydrogen-bond acceptors (Lipinski definition) is 2. The molecular weight excluding hydrogens is 150 g/mol.